The molecule has 0 spiro atoms. The molecule has 0 aliphatic heterocycles. The lowest BCUT2D eigenvalue weighted by atomic mass is 10.2. The molecule has 1 atom stereocenters. The van der Waals surface area contributed by atoms with Gasteiger partial charge < -0.3 is 5.11 Å². The van der Waals surface area contributed by atoms with Crippen LogP contribution in [0.15, 0.2) is 141 Å². The minimum absolute atomic E-state index is 0.393. The molecular formula is C28H26N2OS. The van der Waals surface area contributed by atoms with Gasteiger partial charge in [-0.3, -0.25) is 0 Å². The summed E-state index contributed by atoms with van der Waals surface area (Å²) < 4.78 is 10.3. The van der Waals surface area contributed by atoms with E-state index in [0.29, 0.717) is 5.75 Å². The Morgan fingerprint density at radius 3 is 1.56 bits per heavy atom. The van der Waals surface area contributed by atoms with Crippen LogP contribution in [0.25, 0.3) is 6.08 Å². The second-order valence-corrected chi connectivity index (χ2v) is 9.84. The third kappa shape index (κ3) is 5.82. The second kappa shape index (κ2) is 10.7. The Labute approximate surface area is 190 Å². The number of nitrogens with zero attached hydrogens (tertiary/aromatic N) is 2. The van der Waals surface area contributed by atoms with Crippen LogP contribution in [0.3, 0.4) is 0 Å². The minimum atomic E-state index is -2.14. The number of aliphatic hydroxyl groups is 1. The Kier molecular flexibility index (Phi) is 7.28. The highest BCUT2D eigenvalue weighted by Crippen LogP contribution is 2.28. The van der Waals surface area contributed by atoms with Crippen molar-refractivity contribution in [2.75, 3.05) is 5.75 Å². The summed E-state index contributed by atoms with van der Waals surface area (Å²) in [5.41, 5.74) is 2.75. The largest absolute Gasteiger partial charge is 0.388 e. The Bertz CT molecular complexity index is 1210. The molecule has 4 rings (SSSR count). The van der Waals surface area contributed by atoms with Crippen LogP contribution < -0.4 is 0 Å². The van der Waals surface area contributed by atoms with Crippen molar-refractivity contribution in [3.63, 3.8) is 0 Å². The summed E-state index contributed by atoms with van der Waals surface area (Å²) in [5, 5.41) is 11.1. The van der Waals surface area contributed by atoms with Crippen molar-refractivity contribution >= 4 is 27.1 Å². The zero-order valence-electron chi connectivity index (χ0n) is 17.7. The molecule has 0 saturated carbocycles. The molecule has 1 unspecified atom stereocenters. The Hall–Kier alpha value is -3.47. The first-order valence-corrected chi connectivity index (χ1v) is 12.3. The van der Waals surface area contributed by atoms with Crippen molar-refractivity contribution in [3.8, 4) is 0 Å². The van der Waals surface area contributed by atoms with E-state index in [2.05, 4.69) is 12.1 Å². The Morgan fingerprint density at radius 1 is 0.625 bits per heavy atom. The average molecular weight is 439 g/mol. The predicted octanol–water partition coefficient (Wildman–Crippen LogP) is 7.30. The van der Waals surface area contributed by atoms with Gasteiger partial charge in [-0.15, -0.1) is 0 Å². The summed E-state index contributed by atoms with van der Waals surface area (Å²) in [5.74, 6) is 0.393. The van der Waals surface area contributed by atoms with Gasteiger partial charge in [0.05, 0.1) is 17.5 Å². The van der Waals surface area contributed by atoms with E-state index < -0.39 is 15.7 Å². The summed E-state index contributed by atoms with van der Waals surface area (Å²) in [6.45, 7) is 0. The first-order valence-electron chi connectivity index (χ1n) is 10.6. The van der Waals surface area contributed by atoms with Crippen molar-refractivity contribution in [1.82, 2.24) is 0 Å². The molecule has 32 heavy (non-hydrogen) atoms. The van der Waals surface area contributed by atoms with E-state index in [1.54, 1.807) is 0 Å². The highest BCUT2D eigenvalue weighted by Gasteiger charge is 2.16. The number of aliphatic hydroxyl groups excluding tert-OH is 1. The van der Waals surface area contributed by atoms with Gasteiger partial charge in [0.2, 0.25) is 0 Å². The van der Waals surface area contributed by atoms with Gasteiger partial charge in [-0.2, -0.15) is 0 Å². The zero-order valence-corrected chi connectivity index (χ0v) is 18.6. The van der Waals surface area contributed by atoms with Crippen molar-refractivity contribution in [2.24, 2.45) is 8.73 Å². The van der Waals surface area contributed by atoms with Crippen molar-refractivity contribution in [2.45, 2.75) is 11.0 Å². The van der Waals surface area contributed by atoms with Crippen LogP contribution in [0.1, 0.15) is 5.56 Å². The van der Waals surface area contributed by atoms with E-state index in [0.717, 1.165) is 21.8 Å². The van der Waals surface area contributed by atoms with Gasteiger partial charge in [0.25, 0.3) is 0 Å². The number of hydrogen-bond acceptors (Lipinski definition) is 3. The van der Waals surface area contributed by atoms with Gasteiger partial charge in [-0.25, -0.2) is 8.73 Å². The molecule has 4 aromatic rings. The van der Waals surface area contributed by atoms with E-state index in [1.807, 2.05) is 121 Å². The molecule has 3 nitrogen and oxygen atoms in total. The summed E-state index contributed by atoms with van der Waals surface area (Å²) in [7, 11) is -2.14. The fourth-order valence-electron chi connectivity index (χ4n) is 3.34. The van der Waals surface area contributed by atoms with Crippen LogP contribution in [-0.2, 0) is 9.62 Å². The molecule has 0 heterocycles. The fraction of sp³-hybridized carbons (Fsp3) is 0.0714. The van der Waals surface area contributed by atoms with Crippen LogP contribution in [-0.4, -0.2) is 17.0 Å². The highest BCUT2D eigenvalue weighted by atomic mass is 32.2. The normalized spacial score (nSPS) is 12.4. The molecule has 0 aliphatic rings. The topological polar surface area (TPSA) is 45.0 Å². The van der Waals surface area contributed by atoms with Crippen molar-refractivity contribution in [3.05, 3.63) is 133 Å². The standard InChI is InChI=1S/C28H26N2OS/c31-27(22-21-24-13-5-1-6-14-24)23-32(28-19-11-4-12-20-28,29-25-15-7-2-8-16-25)30-26-17-9-3-10-18-26/h1-22,27,31H,23H2/b22-21+. The maximum atomic E-state index is 11.1. The summed E-state index contributed by atoms with van der Waals surface area (Å²) in [6, 6.07) is 39.9. The van der Waals surface area contributed by atoms with Crippen LogP contribution in [0.5, 0.6) is 0 Å². The summed E-state index contributed by atoms with van der Waals surface area (Å²) >= 11 is 0. The molecule has 0 amide bonds. The zero-order chi connectivity index (χ0) is 22.1. The molecule has 0 aromatic heterocycles. The van der Waals surface area contributed by atoms with Gasteiger partial charge in [0.1, 0.15) is 0 Å². The third-order valence-electron chi connectivity index (χ3n) is 4.86. The van der Waals surface area contributed by atoms with E-state index in [-0.39, 0.29) is 0 Å². The maximum Gasteiger partial charge on any atom is 0.0836 e. The quantitative estimate of drug-likeness (QED) is 0.323. The first kappa shape index (κ1) is 21.8. The molecule has 4 heteroatoms. The molecule has 1 N–H and O–H groups in total. The average Bonchev–Trinajstić information content (AvgIpc) is 2.85. The Balaban J connectivity index is 1.85. The maximum absolute atomic E-state index is 11.1. The van der Waals surface area contributed by atoms with Crippen molar-refractivity contribution < 1.29 is 5.11 Å². The van der Waals surface area contributed by atoms with E-state index in [9.17, 15) is 5.11 Å². The van der Waals surface area contributed by atoms with Crippen molar-refractivity contribution in [1.29, 1.82) is 0 Å². The lowest BCUT2D eigenvalue weighted by molar-refractivity contribution is 0.249. The number of hydrogen-bond donors (Lipinski definition) is 1. The number of rotatable bonds is 7. The second-order valence-electron chi connectivity index (χ2n) is 7.34. The molecule has 0 radical (unpaired) electrons. The lowest BCUT2D eigenvalue weighted by Gasteiger charge is -2.19. The molecule has 160 valence electrons. The SMILES string of the molecule is OC(/C=C/c1ccccc1)CS(=Nc1ccccc1)(=Nc1ccccc1)c1ccccc1. The monoisotopic (exact) mass is 438 g/mol. The lowest BCUT2D eigenvalue weighted by Crippen LogP contribution is -2.18. The third-order valence-corrected chi connectivity index (χ3v) is 7.72. The highest BCUT2D eigenvalue weighted by molar-refractivity contribution is 7.96. The molecule has 4 aromatic carbocycles. The number of benzene rings is 4. The van der Waals surface area contributed by atoms with Crippen LogP contribution in [0.4, 0.5) is 11.4 Å². The Morgan fingerprint density at radius 2 is 1.06 bits per heavy atom. The molecule has 0 fully saturated rings. The van der Waals surface area contributed by atoms with E-state index >= 15 is 0 Å². The molecule has 0 aliphatic carbocycles. The van der Waals surface area contributed by atoms with Gasteiger partial charge in [-0.1, -0.05) is 97.1 Å². The predicted molar refractivity (Wildman–Crippen MR) is 135 cm³/mol. The van der Waals surface area contributed by atoms with Gasteiger partial charge in [0.15, 0.2) is 0 Å². The van der Waals surface area contributed by atoms with Gasteiger partial charge in [-0.05, 0) is 51.6 Å². The van der Waals surface area contributed by atoms with Crippen LogP contribution in [0, 0.1) is 0 Å². The molecule has 0 saturated heterocycles. The van der Waals surface area contributed by atoms with Crippen LogP contribution in [0.2, 0.25) is 0 Å². The summed E-state index contributed by atoms with van der Waals surface area (Å²) in [6.07, 6.45) is 3.08. The first-order chi connectivity index (χ1) is 15.7. The smallest absolute Gasteiger partial charge is 0.0836 e. The summed E-state index contributed by atoms with van der Waals surface area (Å²) in [4.78, 5) is 1.01. The van der Waals surface area contributed by atoms with E-state index in [1.165, 1.54) is 0 Å². The molecule has 0 bridgehead atoms. The van der Waals surface area contributed by atoms with Gasteiger partial charge >= 0.3 is 0 Å². The minimum Gasteiger partial charge on any atom is -0.388 e. The fourth-order valence-corrected chi connectivity index (χ4v) is 6.06. The van der Waals surface area contributed by atoms with E-state index in [4.69, 9.17) is 8.73 Å². The van der Waals surface area contributed by atoms with Crippen LogP contribution >= 0.6 is 0 Å². The molecular weight excluding hydrogens is 412 g/mol. The van der Waals surface area contributed by atoms with Gasteiger partial charge in [0, 0.05) is 10.6 Å².